The maximum atomic E-state index is 13.0. The molecule has 2 atom stereocenters. The average molecular weight is 394 g/mol. The highest BCUT2D eigenvalue weighted by Gasteiger charge is 2.34. The van der Waals surface area contributed by atoms with Crippen molar-refractivity contribution >= 4 is 17.5 Å². The summed E-state index contributed by atoms with van der Waals surface area (Å²) >= 11 is 0. The van der Waals surface area contributed by atoms with Crippen LogP contribution in [0.3, 0.4) is 0 Å². The molecule has 1 aliphatic carbocycles. The van der Waals surface area contributed by atoms with Crippen LogP contribution >= 0.6 is 0 Å². The third-order valence-electron chi connectivity index (χ3n) is 5.66. The molecule has 1 aromatic carbocycles. The number of aromatic nitrogens is 1. The van der Waals surface area contributed by atoms with Gasteiger partial charge >= 0.3 is 0 Å². The van der Waals surface area contributed by atoms with Crippen LogP contribution in [0.1, 0.15) is 52.1 Å². The number of rotatable bonds is 6. The fourth-order valence-corrected chi connectivity index (χ4v) is 3.82. The van der Waals surface area contributed by atoms with Crippen LogP contribution in [0.15, 0.2) is 35.3 Å². The van der Waals surface area contributed by atoms with E-state index in [9.17, 15) is 14.4 Å². The number of pyridine rings is 1. The lowest BCUT2D eigenvalue weighted by molar-refractivity contribution is 0.0948. The number of benzene rings is 1. The summed E-state index contributed by atoms with van der Waals surface area (Å²) in [5, 5.41) is 8.98. The Hall–Kier alpha value is -3.09. The molecule has 0 radical (unpaired) electrons. The van der Waals surface area contributed by atoms with Gasteiger partial charge in [-0.1, -0.05) is 19.1 Å². The number of carbonyl (C=O) groups is 2. The van der Waals surface area contributed by atoms with Gasteiger partial charge in [0.15, 0.2) is 0 Å². The fourth-order valence-electron chi connectivity index (χ4n) is 3.82. The summed E-state index contributed by atoms with van der Waals surface area (Å²) < 4.78 is 1.48. The summed E-state index contributed by atoms with van der Waals surface area (Å²) in [6, 6.07) is 7.54. The molecule has 4 rings (SSSR count). The Labute approximate surface area is 169 Å². The van der Waals surface area contributed by atoms with Crippen LogP contribution in [0.4, 0.5) is 5.69 Å². The minimum Gasteiger partial charge on any atom is -0.384 e. The minimum absolute atomic E-state index is 0.00551. The molecule has 1 aromatic heterocycles. The summed E-state index contributed by atoms with van der Waals surface area (Å²) in [6.45, 7) is 5.47. The van der Waals surface area contributed by atoms with Crippen LogP contribution in [0.2, 0.25) is 0 Å². The van der Waals surface area contributed by atoms with Crippen molar-refractivity contribution in [2.75, 3.05) is 18.4 Å². The van der Waals surface area contributed by atoms with E-state index in [1.54, 1.807) is 13.1 Å². The van der Waals surface area contributed by atoms with E-state index in [1.807, 2.05) is 18.2 Å². The molecular weight excluding hydrogens is 368 g/mol. The van der Waals surface area contributed by atoms with Crippen molar-refractivity contribution in [2.24, 2.45) is 5.92 Å². The molecular formula is C22H26N4O3. The number of nitrogens with zero attached hydrogens (tertiary/aromatic N) is 1. The quantitative estimate of drug-likeness (QED) is 0.696. The van der Waals surface area contributed by atoms with E-state index in [0.717, 1.165) is 30.6 Å². The van der Waals surface area contributed by atoms with Crippen molar-refractivity contribution in [2.45, 2.75) is 39.3 Å². The van der Waals surface area contributed by atoms with Gasteiger partial charge in [0.1, 0.15) is 5.56 Å². The van der Waals surface area contributed by atoms with Gasteiger partial charge < -0.3 is 20.5 Å². The summed E-state index contributed by atoms with van der Waals surface area (Å²) in [4.78, 5) is 38.2. The highest BCUT2D eigenvalue weighted by molar-refractivity contribution is 5.99. The van der Waals surface area contributed by atoms with Crippen LogP contribution in [-0.2, 0) is 13.0 Å². The zero-order valence-corrected chi connectivity index (χ0v) is 16.7. The number of carbonyl (C=O) groups excluding carboxylic acids is 2. The number of fused-ring (bicyclic) bond motifs is 1. The highest BCUT2D eigenvalue weighted by atomic mass is 16.2. The Kier molecular flexibility index (Phi) is 5.13. The molecule has 1 aliphatic heterocycles. The molecule has 0 spiro atoms. The van der Waals surface area contributed by atoms with E-state index in [0.29, 0.717) is 24.6 Å². The topological polar surface area (TPSA) is 92.2 Å². The van der Waals surface area contributed by atoms with E-state index in [-0.39, 0.29) is 17.5 Å². The minimum atomic E-state index is -0.458. The smallest absolute Gasteiger partial charge is 0.263 e. The van der Waals surface area contributed by atoms with E-state index >= 15 is 0 Å². The van der Waals surface area contributed by atoms with E-state index in [2.05, 4.69) is 22.9 Å². The molecule has 1 fully saturated rings. The van der Waals surface area contributed by atoms with E-state index < -0.39 is 11.5 Å². The Balaban J connectivity index is 1.71. The Bertz CT molecular complexity index is 1030. The third kappa shape index (κ3) is 3.90. The zero-order valence-electron chi connectivity index (χ0n) is 16.7. The number of nitrogens with one attached hydrogen (secondary N) is 3. The first kappa shape index (κ1) is 19.2. The van der Waals surface area contributed by atoms with Gasteiger partial charge in [0.25, 0.3) is 17.4 Å². The fraction of sp³-hybridized carbons (Fsp3) is 0.409. The Morgan fingerprint density at radius 2 is 2.07 bits per heavy atom. The lowest BCUT2D eigenvalue weighted by atomic mass is 10.0. The molecule has 2 heterocycles. The first-order chi connectivity index (χ1) is 14.0. The van der Waals surface area contributed by atoms with Crippen LogP contribution in [0, 0.1) is 5.92 Å². The van der Waals surface area contributed by atoms with Crippen molar-refractivity contribution in [3.05, 3.63) is 63.1 Å². The number of hydrogen-bond acceptors (Lipinski definition) is 4. The molecule has 7 heteroatoms. The molecule has 2 aliphatic rings. The van der Waals surface area contributed by atoms with Crippen molar-refractivity contribution in [1.29, 1.82) is 0 Å². The highest BCUT2D eigenvalue weighted by Crippen LogP contribution is 2.29. The second-order valence-electron chi connectivity index (χ2n) is 7.85. The van der Waals surface area contributed by atoms with Crippen molar-refractivity contribution < 1.29 is 9.59 Å². The average Bonchev–Trinajstić information content (AvgIpc) is 3.17. The monoisotopic (exact) mass is 394 g/mol. The first-order valence-corrected chi connectivity index (χ1v) is 10.2. The number of anilines is 1. The maximum absolute atomic E-state index is 13.0. The van der Waals surface area contributed by atoms with Gasteiger partial charge in [-0.3, -0.25) is 14.4 Å². The molecule has 2 aromatic rings. The van der Waals surface area contributed by atoms with Crippen LogP contribution in [0.5, 0.6) is 0 Å². The summed E-state index contributed by atoms with van der Waals surface area (Å²) in [5.41, 5.74) is 3.21. The lowest BCUT2D eigenvalue weighted by Gasteiger charge is -2.14. The van der Waals surface area contributed by atoms with Gasteiger partial charge in [0, 0.05) is 31.0 Å². The van der Waals surface area contributed by atoms with Crippen LogP contribution in [-0.4, -0.2) is 35.5 Å². The predicted octanol–water partition coefficient (Wildman–Crippen LogP) is 1.75. The summed E-state index contributed by atoms with van der Waals surface area (Å²) in [7, 11) is 0. The summed E-state index contributed by atoms with van der Waals surface area (Å²) in [5.74, 6) is -0.244. The molecule has 0 saturated heterocycles. The van der Waals surface area contributed by atoms with Crippen LogP contribution < -0.4 is 21.5 Å². The zero-order chi connectivity index (χ0) is 20.5. The second kappa shape index (κ2) is 7.73. The standard InChI is InChI=1S/C22H26N4O3/c1-3-23-21(28)17-10-15(20(27)25-19-9-13(19)2)12-26(22(17)29)11-14-5-4-6-18-16(14)7-8-24-18/h4-6,10,12-13,19,24H,3,7-9,11H2,1-2H3,(H,23,28)(H,25,27)/t13-,19-/m0/s1. The van der Waals surface area contributed by atoms with Crippen LogP contribution in [0.25, 0.3) is 0 Å². The molecule has 0 unspecified atom stereocenters. The molecule has 3 N–H and O–H groups in total. The van der Waals surface area contributed by atoms with Gasteiger partial charge in [-0.25, -0.2) is 0 Å². The number of amides is 2. The molecule has 7 nitrogen and oxygen atoms in total. The molecule has 0 bridgehead atoms. The van der Waals surface area contributed by atoms with Gasteiger partial charge in [-0.15, -0.1) is 0 Å². The SMILES string of the molecule is CCNC(=O)c1cc(C(=O)N[C@H]2C[C@@H]2C)cn(Cc2cccc3c2CCN3)c1=O. The third-order valence-corrected chi connectivity index (χ3v) is 5.66. The van der Waals surface area contributed by atoms with Crippen molar-refractivity contribution in [1.82, 2.24) is 15.2 Å². The van der Waals surface area contributed by atoms with Gasteiger partial charge in [-0.05, 0) is 48.9 Å². The maximum Gasteiger partial charge on any atom is 0.263 e. The normalized spacial score (nSPS) is 19.2. The van der Waals surface area contributed by atoms with E-state index in [1.165, 1.54) is 16.2 Å². The molecule has 1 saturated carbocycles. The van der Waals surface area contributed by atoms with Gasteiger partial charge in [0.05, 0.1) is 12.1 Å². The predicted molar refractivity (Wildman–Crippen MR) is 111 cm³/mol. The van der Waals surface area contributed by atoms with Crippen molar-refractivity contribution in [3.63, 3.8) is 0 Å². The second-order valence-corrected chi connectivity index (χ2v) is 7.85. The molecule has 29 heavy (non-hydrogen) atoms. The largest absolute Gasteiger partial charge is 0.384 e. The molecule has 2 amide bonds. The lowest BCUT2D eigenvalue weighted by Crippen LogP contribution is -2.35. The molecule has 152 valence electrons. The van der Waals surface area contributed by atoms with Gasteiger partial charge in [-0.2, -0.15) is 0 Å². The first-order valence-electron chi connectivity index (χ1n) is 10.2. The van der Waals surface area contributed by atoms with Gasteiger partial charge in [0.2, 0.25) is 0 Å². The van der Waals surface area contributed by atoms with E-state index in [4.69, 9.17) is 0 Å². The summed E-state index contributed by atoms with van der Waals surface area (Å²) in [6.07, 6.45) is 3.41. The Morgan fingerprint density at radius 3 is 2.79 bits per heavy atom. The van der Waals surface area contributed by atoms with Crippen molar-refractivity contribution in [3.8, 4) is 0 Å². The number of hydrogen-bond donors (Lipinski definition) is 3. The Morgan fingerprint density at radius 1 is 1.28 bits per heavy atom.